The van der Waals surface area contributed by atoms with Gasteiger partial charge in [-0.2, -0.15) is 0 Å². The lowest BCUT2D eigenvalue weighted by Crippen LogP contribution is -2.38. The van der Waals surface area contributed by atoms with Gasteiger partial charge in [-0.3, -0.25) is 9.78 Å². The molecule has 0 N–H and O–H groups in total. The zero-order valence-electron chi connectivity index (χ0n) is 16.7. The fraction of sp³-hybridized carbons (Fsp3) is 0.455. The maximum absolute atomic E-state index is 13.0. The molecule has 1 aromatic carbocycles. The van der Waals surface area contributed by atoms with E-state index in [0.29, 0.717) is 26.3 Å². The Bertz CT molecular complexity index is 746. The number of rotatable bonds is 9. The Morgan fingerprint density at radius 2 is 2.11 bits per heavy atom. The molecule has 1 aromatic heterocycles. The highest BCUT2D eigenvalue weighted by Gasteiger charge is 2.28. The molecule has 3 rings (SSSR count). The average molecular weight is 383 g/mol. The summed E-state index contributed by atoms with van der Waals surface area (Å²) < 4.78 is 11.5. The van der Waals surface area contributed by atoms with E-state index < -0.39 is 0 Å². The Labute approximate surface area is 167 Å². The number of hydrogen-bond acceptors (Lipinski definition) is 5. The smallest absolute Gasteiger partial charge is 0.252 e. The molecule has 150 valence electrons. The van der Waals surface area contributed by atoms with E-state index in [9.17, 15) is 4.79 Å². The molecular formula is C22H29N3O3. The van der Waals surface area contributed by atoms with Crippen molar-refractivity contribution in [1.82, 2.24) is 14.8 Å². The highest BCUT2D eigenvalue weighted by atomic mass is 16.5. The molecule has 28 heavy (non-hydrogen) atoms. The number of carbonyl (C=O) groups excluding carboxylic acids is 1. The van der Waals surface area contributed by atoms with E-state index in [1.807, 2.05) is 61.5 Å². The van der Waals surface area contributed by atoms with Gasteiger partial charge >= 0.3 is 0 Å². The summed E-state index contributed by atoms with van der Waals surface area (Å²) in [7, 11) is 4.04. The van der Waals surface area contributed by atoms with Crippen LogP contribution in [0.15, 0.2) is 48.7 Å². The molecule has 1 aliphatic heterocycles. The van der Waals surface area contributed by atoms with E-state index in [1.165, 1.54) is 0 Å². The van der Waals surface area contributed by atoms with E-state index >= 15 is 0 Å². The van der Waals surface area contributed by atoms with Gasteiger partial charge in [0, 0.05) is 25.9 Å². The number of aromatic nitrogens is 1. The normalized spacial score (nSPS) is 16.3. The van der Waals surface area contributed by atoms with Crippen molar-refractivity contribution in [1.29, 1.82) is 0 Å². The number of nitrogens with zero attached hydrogens (tertiary/aromatic N) is 3. The van der Waals surface area contributed by atoms with Crippen molar-refractivity contribution in [2.45, 2.75) is 32.0 Å². The highest BCUT2D eigenvalue weighted by molar-refractivity contribution is 5.81. The van der Waals surface area contributed by atoms with Crippen molar-refractivity contribution in [2.75, 3.05) is 33.9 Å². The number of pyridine rings is 1. The van der Waals surface area contributed by atoms with Crippen molar-refractivity contribution < 1.29 is 14.3 Å². The first-order chi connectivity index (χ1) is 13.6. The number of carbonyl (C=O) groups is 1. The topological polar surface area (TPSA) is 54.9 Å². The summed E-state index contributed by atoms with van der Waals surface area (Å²) in [5, 5.41) is 0. The van der Waals surface area contributed by atoms with E-state index in [-0.39, 0.29) is 12.0 Å². The van der Waals surface area contributed by atoms with Crippen LogP contribution in [0.2, 0.25) is 0 Å². The Morgan fingerprint density at radius 3 is 2.82 bits per heavy atom. The highest BCUT2D eigenvalue weighted by Crippen LogP contribution is 2.20. The average Bonchev–Trinajstić information content (AvgIpc) is 3.23. The van der Waals surface area contributed by atoms with E-state index in [0.717, 1.165) is 36.4 Å². The summed E-state index contributed by atoms with van der Waals surface area (Å²) in [5.41, 5.74) is 1.90. The van der Waals surface area contributed by atoms with Crippen LogP contribution in [-0.2, 0) is 22.6 Å². The summed E-state index contributed by atoms with van der Waals surface area (Å²) in [6.07, 6.45) is 3.13. The molecule has 0 spiro atoms. The lowest BCUT2D eigenvalue weighted by atomic mass is 10.1. The summed E-state index contributed by atoms with van der Waals surface area (Å²) in [6, 6.07) is 13.7. The summed E-state index contributed by atoms with van der Waals surface area (Å²) in [4.78, 5) is 21.3. The van der Waals surface area contributed by atoms with Gasteiger partial charge < -0.3 is 19.3 Å². The first-order valence-corrected chi connectivity index (χ1v) is 9.78. The zero-order chi connectivity index (χ0) is 19.8. The Morgan fingerprint density at radius 1 is 1.21 bits per heavy atom. The van der Waals surface area contributed by atoms with Gasteiger partial charge in [-0.05, 0) is 56.8 Å². The quantitative estimate of drug-likeness (QED) is 0.666. The predicted molar refractivity (Wildman–Crippen MR) is 108 cm³/mol. The lowest BCUT2D eigenvalue weighted by Gasteiger charge is -2.25. The molecule has 1 aliphatic rings. The number of benzene rings is 1. The van der Waals surface area contributed by atoms with Gasteiger partial charge in [0.05, 0.1) is 12.2 Å². The largest absolute Gasteiger partial charge is 0.492 e. The minimum atomic E-state index is -0.344. The maximum Gasteiger partial charge on any atom is 0.252 e. The lowest BCUT2D eigenvalue weighted by molar-refractivity contribution is -0.142. The minimum absolute atomic E-state index is 0.0297. The number of ether oxygens (including phenoxy) is 2. The third-order valence-corrected chi connectivity index (χ3v) is 4.67. The van der Waals surface area contributed by atoms with Crippen LogP contribution < -0.4 is 4.74 Å². The van der Waals surface area contributed by atoms with Crippen LogP contribution in [0.25, 0.3) is 0 Å². The molecule has 1 unspecified atom stereocenters. The van der Waals surface area contributed by atoms with Crippen LogP contribution in [0, 0.1) is 0 Å². The zero-order valence-corrected chi connectivity index (χ0v) is 16.7. The van der Waals surface area contributed by atoms with Crippen LogP contribution in [-0.4, -0.2) is 60.6 Å². The Kier molecular flexibility index (Phi) is 7.39. The van der Waals surface area contributed by atoms with E-state index in [2.05, 4.69) is 9.88 Å². The first-order valence-electron chi connectivity index (χ1n) is 9.78. The van der Waals surface area contributed by atoms with Crippen LogP contribution in [0.3, 0.4) is 0 Å². The minimum Gasteiger partial charge on any atom is -0.492 e. The van der Waals surface area contributed by atoms with Gasteiger partial charge in [-0.25, -0.2) is 0 Å². The van der Waals surface area contributed by atoms with Crippen LogP contribution in [0.1, 0.15) is 24.1 Å². The molecule has 0 aliphatic carbocycles. The van der Waals surface area contributed by atoms with Gasteiger partial charge in [0.2, 0.25) is 0 Å². The molecule has 1 saturated heterocycles. The second-order valence-electron chi connectivity index (χ2n) is 7.32. The summed E-state index contributed by atoms with van der Waals surface area (Å²) in [6.45, 7) is 3.10. The molecule has 0 saturated carbocycles. The van der Waals surface area contributed by atoms with Crippen molar-refractivity contribution in [2.24, 2.45) is 0 Å². The van der Waals surface area contributed by atoms with Crippen molar-refractivity contribution in [3.05, 3.63) is 59.9 Å². The fourth-order valence-electron chi connectivity index (χ4n) is 3.18. The van der Waals surface area contributed by atoms with Gasteiger partial charge in [0.15, 0.2) is 0 Å². The fourth-order valence-corrected chi connectivity index (χ4v) is 3.18. The third kappa shape index (κ3) is 6.04. The monoisotopic (exact) mass is 383 g/mol. The second-order valence-corrected chi connectivity index (χ2v) is 7.32. The van der Waals surface area contributed by atoms with Crippen molar-refractivity contribution in [3.8, 4) is 5.75 Å². The number of hydrogen-bond donors (Lipinski definition) is 0. The SMILES string of the molecule is CN(C)CCOc1cccc(CN(Cc2ccccn2)C(=O)C2CCCO2)c1. The van der Waals surface area contributed by atoms with Crippen LogP contribution >= 0.6 is 0 Å². The maximum atomic E-state index is 13.0. The molecule has 0 radical (unpaired) electrons. The molecule has 6 nitrogen and oxygen atoms in total. The van der Waals surface area contributed by atoms with Gasteiger partial charge in [0.1, 0.15) is 18.5 Å². The second kappa shape index (κ2) is 10.2. The molecule has 1 amide bonds. The summed E-state index contributed by atoms with van der Waals surface area (Å²) in [5.74, 6) is 0.851. The standard InChI is InChI=1S/C22H29N3O3/c1-24(2)12-14-27-20-9-5-7-18(15-20)16-25(17-19-8-3-4-11-23-19)22(26)21-10-6-13-28-21/h3-5,7-9,11,15,21H,6,10,12-14,16-17H2,1-2H3. The Hall–Kier alpha value is -2.44. The van der Waals surface area contributed by atoms with E-state index in [4.69, 9.17) is 9.47 Å². The molecule has 2 aromatic rings. The summed E-state index contributed by atoms with van der Waals surface area (Å²) >= 11 is 0. The third-order valence-electron chi connectivity index (χ3n) is 4.67. The van der Waals surface area contributed by atoms with Gasteiger partial charge in [-0.1, -0.05) is 18.2 Å². The molecule has 0 bridgehead atoms. The molecule has 1 atom stereocenters. The van der Waals surface area contributed by atoms with Crippen molar-refractivity contribution in [3.63, 3.8) is 0 Å². The van der Waals surface area contributed by atoms with Crippen molar-refractivity contribution >= 4 is 5.91 Å². The van der Waals surface area contributed by atoms with E-state index in [1.54, 1.807) is 6.20 Å². The number of amides is 1. The molecular weight excluding hydrogens is 354 g/mol. The Balaban J connectivity index is 1.70. The van der Waals surface area contributed by atoms with Gasteiger partial charge in [-0.15, -0.1) is 0 Å². The molecule has 6 heteroatoms. The van der Waals surface area contributed by atoms with Gasteiger partial charge in [0.25, 0.3) is 5.91 Å². The first kappa shape index (κ1) is 20.3. The van der Waals surface area contributed by atoms with Crippen LogP contribution in [0.5, 0.6) is 5.75 Å². The predicted octanol–water partition coefficient (Wildman–Crippen LogP) is 2.73. The molecule has 2 heterocycles. The number of likely N-dealkylation sites (N-methyl/N-ethyl adjacent to an activating group) is 1. The van der Waals surface area contributed by atoms with Crippen LogP contribution in [0.4, 0.5) is 0 Å². The molecule has 1 fully saturated rings.